The van der Waals surface area contributed by atoms with Crippen molar-refractivity contribution in [1.29, 1.82) is 0 Å². The van der Waals surface area contributed by atoms with Crippen LogP contribution in [-0.2, 0) is 11.0 Å². The first-order valence-electron chi connectivity index (χ1n) is 11.6. The van der Waals surface area contributed by atoms with E-state index in [1.807, 2.05) is 12.3 Å². The molecule has 10 heteroatoms. The van der Waals surface area contributed by atoms with Crippen molar-refractivity contribution in [2.45, 2.75) is 51.9 Å². The average Bonchev–Trinajstić information content (AvgIpc) is 3.43. The van der Waals surface area contributed by atoms with E-state index in [1.54, 1.807) is 12.3 Å². The van der Waals surface area contributed by atoms with Crippen molar-refractivity contribution >= 4 is 39.2 Å². The topological polar surface area (TPSA) is 96.7 Å². The highest BCUT2D eigenvalue weighted by Crippen LogP contribution is 2.44. The number of nitrogens with one attached hydrogen (secondary N) is 1. The van der Waals surface area contributed by atoms with Crippen LogP contribution >= 0.6 is 11.3 Å². The molecular weight excluding hydrogens is 475 g/mol. The predicted molar refractivity (Wildman–Crippen MR) is 136 cm³/mol. The van der Waals surface area contributed by atoms with Gasteiger partial charge in [0.15, 0.2) is 0 Å². The summed E-state index contributed by atoms with van der Waals surface area (Å²) in [5.74, 6) is 1.58. The molecule has 1 atom stereocenters. The van der Waals surface area contributed by atoms with Gasteiger partial charge >= 0.3 is 6.18 Å². The Kier molecular flexibility index (Phi) is 8.60. The van der Waals surface area contributed by atoms with Gasteiger partial charge in [-0.25, -0.2) is 4.99 Å². The van der Waals surface area contributed by atoms with Crippen molar-refractivity contribution in [1.82, 2.24) is 10.2 Å². The molecule has 1 aromatic carbocycles. The summed E-state index contributed by atoms with van der Waals surface area (Å²) in [6.45, 7) is 3.73. The number of aliphatic imine (C=N–C) groups is 1. The van der Waals surface area contributed by atoms with Crippen LogP contribution in [0.1, 0.15) is 50.0 Å². The monoisotopic (exact) mass is 507 g/mol. The Morgan fingerprint density at radius 1 is 1.20 bits per heavy atom. The predicted octanol–water partition coefficient (Wildman–Crippen LogP) is 5.27. The number of halogens is 3. The van der Waals surface area contributed by atoms with Crippen molar-refractivity contribution in [3.8, 4) is 0 Å². The van der Waals surface area contributed by atoms with Gasteiger partial charge in [0, 0.05) is 17.1 Å². The van der Waals surface area contributed by atoms with E-state index < -0.39 is 11.7 Å². The number of carbonyl (C=O) groups excluding carboxylic acids is 1. The Bertz CT molecular complexity index is 1130. The molecule has 1 unspecified atom stereocenters. The third kappa shape index (κ3) is 5.54. The van der Waals surface area contributed by atoms with E-state index in [-0.39, 0.29) is 10.9 Å². The molecule has 0 spiro atoms. The fourth-order valence-corrected chi connectivity index (χ4v) is 5.97. The van der Waals surface area contributed by atoms with Gasteiger partial charge in [-0.15, -0.1) is 11.3 Å². The highest BCUT2D eigenvalue weighted by molar-refractivity contribution is 7.20. The summed E-state index contributed by atoms with van der Waals surface area (Å²) < 4.78 is 40.7. The van der Waals surface area contributed by atoms with Crippen LogP contribution in [-0.4, -0.2) is 30.2 Å². The first-order valence-corrected chi connectivity index (χ1v) is 12.4. The summed E-state index contributed by atoms with van der Waals surface area (Å²) in [6.07, 6.45) is 4.62. The number of thiophene rings is 1. The minimum absolute atomic E-state index is 0.0418. The van der Waals surface area contributed by atoms with Crippen LogP contribution in [0.5, 0.6) is 0 Å². The average molecular weight is 508 g/mol. The number of rotatable bonds is 2. The molecule has 0 saturated heterocycles. The summed E-state index contributed by atoms with van der Waals surface area (Å²) >= 11 is 1.15. The molecule has 1 aromatic heterocycles. The summed E-state index contributed by atoms with van der Waals surface area (Å²) in [4.78, 5) is 15.9. The van der Waals surface area contributed by atoms with Gasteiger partial charge in [-0.1, -0.05) is 31.9 Å². The molecule has 3 aliphatic rings. The normalized spacial score (nSPS) is 23.5. The Morgan fingerprint density at radius 2 is 1.86 bits per heavy atom. The van der Waals surface area contributed by atoms with Gasteiger partial charge in [0.05, 0.1) is 16.1 Å². The lowest BCUT2D eigenvalue weighted by Crippen LogP contribution is -2.44. The Hall–Kier alpha value is -2.85. The number of aldehydes is 1. The summed E-state index contributed by atoms with van der Waals surface area (Å²) in [5.41, 5.74) is 11.7. The van der Waals surface area contributed by atoms with E-state index >= 15 is 0 Å². The number of fused-ring (bicyclic) bond motifs is 2. The highest BCUT2D eigenvalue weighted by Gasteiger charge is 2.40. The number of nitrogens with two attached hydrogens (primary N) is 2. The second-order valence-electron chi connectivity index (χ2n) is 8.62. The molecule has 5 N–H and O–H groups in total. The van der Waals surface area contributed by atoms with Gasteiger partial charge in [0.25, 0.3) is 0 Å². The number of alkyl halides is 3. The summed E-state index contributed by atoms with van der Waals surface area (Å²) in [5, 5.41) is 4.19. The van der Waals surface area contributed by atoms with Crippen molar-refractivity contribution < 1.29 is 18.0 Å². The number of hydrogen-bond acceptors (Lipinski definition) is 7. The van der Waals surface area contributed by atoms with Crippen molar-refractivity contribution in [2.24, 2.45) is 28.3 Å². The molecule has 1 aliphatic carbocycles. The molecule has 0 radical (unpaired) electrons. The van der Waals surface area contributed by atoms with Crippen molar-refractivity contribution in [3.63, 3.8) is 0 Å². The second kappa shape index (κ2) is 11.3. The van der Waals surface area contributed by atoms with Crippen LogP contribution in [0, 0.1) is 11.8 Å². The fraction of sp³-hybridized carbons (Fsp3) is 0.440. The lowest BCUT2D eigenvalue weighted by Gasteiger charge is -2.36. The number of nitrogens with zero attached hydrogens (tertiary/aromatic N) is 2. The van der Waals surface area contributed by atoms with E-state index in [1.165, 1.54) is 32.9 Å². The number of amidine groups is 1. The highest BCUT2D eigenvalue weighted by atomic mass is 32.1. The fourth-order valence-electron chi connectivity index (χ4n) is 4.77. The summed E-state index contributed by atoms with van der Waals surface area (Å²) in [6, 6.07) is 6.14. The number of hydrogen-bond donors (Lipinski definition) is 3. The molecular formula is C25H32F3N5OS. The molecule has 2 aliphatic heterocycles. The van der Waals surface area contributed by atoms with Crippen molar-refractivity contribution in [3.05, 3.63) is 52.8 Å². The lowest BCUT2D eigenvalue weighted by molar-refractivity contribution is -0.136. The maximum atomic E-state index is 13.5. The number of benzene rings is 1. The van der Waals surface area contributed by atoms with E-state index in [9.17, 15) is 13.2 Å². The van der Waals surface area contributed by atoms with Crippen LogP contribution in [0.3, 0.4) is 0 Å². The Balaban J connectivity index is 0.000000638. The van der Waals surface area contributed by atoms with Crippen LogP contribution in [0.4, 0.5) is 13.2 Å². The SMILES string of the molecule is CC1CCC(C2NC(c3cc4cccc(C(F)(F)F)c4s3)=C3C(N)=NC=CN32)CC1.CC=O.CN. The van der Waals surface area contributed by atoms with Gasteiger partial charge in [0.1, 0.15) is 24.0 Å². The molecule has 1 saturated carbocycles. The number of carbonyl (C=O) groups is 1. The van der Waals surface area contributed by atoms with Crippen LogP contribution in [0.15, 0.2) is 47.4 Å². The largest absolute Gasteiger partial charge is 0.417 e. The van der Waals surface area contributed by atoms with E-state index in [2.05, 4.69) is 27.9 Å². The maximum absolute atomic E-state index is 13.5. The third-order valence-corrected chi connectivity index (χ3v) is 7.57. The first kappa shape index (κ1) is 26.7. The zero-order chi connectivity index (χ0) is 25.8. The van der Waals surface area contributed by atoms with E-state index in [0.717, 1.165) is 58.7 Å². The minimum atomic E-state index is -4.38. The van der Waals surface area contributed by atoms with Crippen molar-refractivity contribution in [2.75, 3.05) is 7.05 Å². The maximum Gasteiger partial charge on any atom is 0.417 e. The van der Waals surface area contributed by atoms with Gasteiger partial charge in [-0.2, -0.15) is 13.2 Å². The third-order valence-electron chi connectivity index (χ3n) is 6.37. The molecule has 6 nitrogen and oxygen atoms in total. The second-order valence-corrected chi connectivity index (χ2v) is 9.67. The molecule has 0 bridgehead atoms. The quantitative estimate of drug-likeness (QED) is 0.482. The molecule has 190 valence electrons. The van der Waals surface area contributed by atoms with Gasteiger partial charge < -0.3 is 26.5 Å². The zero-order valence-corrected chi connectivity index (χ0v) is 20.9. The van der Waals surface area contributed by atoms with Gasteiger partial charge in [-0.3, -0.25) is 0 Å². The Labute approximate surface area is 207 Å². The minimum Gasteiger partial charge on any atom is -0.382 e. The Morgan fingerprint density at radius 3 is 2.49 bits per heavy atom. The van der Waals surface area contributed by atoms with Gasteiger partial charge in [0.2, 0.25) is 0 Å². The molecule has 35 heavy (non-hydrogen) atoms. The molecule has 1 fully saturated rings. The smallest absolute Gasteiger partial charge is 0.382 e. The van der Waals surface area contributed by atoms with Gasteiger partial charge in [-0.05, 0) is 56.2 Å². The molecule has 5 rings (SSSR count). The molecule has 0 amide bonds. The van der Waals surface area contributed by atoms with Crippen LogP contribution in [0.2, 0.25) is 0 Å². The molecule has 3 heterocycles. The van der Waals surface area contributed by atoms with E-state index in [4.69, 9.17) is 10.5 Å². The summed E-state index contributed by atoms with van der Waals surface area (Å²) in [7, 11) is 1.50. The molecule has 2 aromatic rings. The van der Waals surface area contributed by atoms with Crippen LogP contribution in [0.25, 0.3) is 15.8 Å². The zero-order valence-electron chi connectivity index (χ0n) is 20.1. The first-order chi connectivity index (χ1) is 16.7. The van der Waals surface area contributed by atoms with E-state index in [0.29, 0.717) is 17.1 Å². The lowest BCUT2D eigenvalue weighted by atomic mass is 9.81. The van der Waals surface area contributed by atoms with Crippen LogP contribution < -0.4 is 16.8 Å². The standard InChI is InChI=1S/C22H23F3N4S.C2H4O.CH5N/c1-12-5-7-13(8-6-12)21-28-17(18-20(26)27-9-10-29(18)21)16-11-14-3-2-4-15(19(14)30-16)22(23,24)25;1-2-3;1-2/h2-4,9-13,21,28H,5-8H2,1H3,(H2,26,27);2H,1H3;2H2,1H3.